The lowest BCUT2D eigenvalue weighted by molar-refractivity contribution is 0.0589. The average molecular weight is 717 g/mol. The van der Waals surface area contributed by atoms with Crippen molar-refractivity contribution in [3.8, 4) is 5.75 Å². The molecule has 12 heteroatoms. The van der Waals surface area contributed by atoms with Crippen LogP contribution in [0, 0.1) is 5.82 Å². The van der Waals surface area contributed by atoms with Gasteiger partial charge in [0, 0.05) is 76.8 Å². The Labute approximate surface area is 301 Å². The van der Waals surface area contributed by atoms with Crippen LogP contribution in [0.25, 0.3) is 27.8 Å². The number of esters is 1. The third-order valence-electron chi connectivity index (χ3n) is 8.98. The maximum Gasteiger partial charge on any atom is 0.354 e. The van der Waals surface area contributed by atoms with Gasteiger partial charge in [0.15, 0.2) is 0 Å². The summed E-state index contributed by atoms with van der Waals surface area (Å²) >= 11 is 8.47. The standard InChI is InChI=1S/C38H42ClFN6O3S/c1-6-42-46-15-7-9-27(46)20-33-34(39)14-13-32-31(37(38(47)48-5)44(3)36(32)33)10-8-16-49-35-21-29(18-24-17-25(40)11-12-30(24)35)50-23-28-19-26(22-41-2)43-45(28)4/h6,11-14,17-21,41H,7-10,15-16,22-23H2,1-5H3/b27-20+,42-6+. The molecule has 262 valence electrons. The van der Waals surface area contributed by atoms with Gasteiger partial charge in [-0.05, 0) is 99.1 Å². The Morgan fingerprint density at radius 3 is 2.76 bits per heavy atom. The highest BCUT2D eigenvalue weighted by Gasteiger charge is 2.25. The number of carbonyl (C=O) groups is 1. The van der Waals surface area contributed by atoms with E-state index in [2.05, 4.69) is 27.7 Å². The molecule has 0 amide bonds. The Hall–Kier alpha value is -4.32. The van der Waals surface area contributed by atoms with Gasteiger partial charge in [-0.3, -0.25) is 9.69 Å². The lowest BCUT2D eigenvalue weighted by atomic mass is 10.0. The van der Waals surface area contributed by atoms with Gasteiger partial charge in [-0.1, -0.05) is 17.7 Å². The molecule has 3 heterocycles. The molecule has 0 bridgehead atoms. The third-order valence-corrected chi connectivity index (χ3v) is 10.3. The topological polar surface area (TPSA) is 85.9 Å². The molecule has 1 fully saturated rings. The minimum absolute atomic E-state index is 0.297. The number of rotatable bonds is 13. The van der Waals surface area contributed by atoms with E-state index in [9.17, 15) is 9.18 Å². The quantitative estimate of drug-likeness (QED) is 0.0570. The summed E-state index contributed by atoms with van der Waals surface area (Å²) in [4.78, 5) is 14.2. The maximum absolute atomic E-state index is 14.3. The van der Waals surface area contributed by atoms with Crippen LogP contribution >= 0.6 is 23.4 Å². The van der Waals surface area contributed by atoms with E-state index in [1.54, 1.807) is 24.0 Å². The number of nitrogens with zero attached hydrogens (tertiary/aromatic N) is 5. The Morgan fingerprint density at radius 2 is 1.98 bits per heavy atom. The van der Waals surface area contributed by atoms with E-state index >= 15 is 0 Å². The molecule has 0 atom stereocenters. The summed E-state index contributed by atoms with van der Waals surface area (Å²) in [7, 11) is 7.12. The van der Waals surface area contributed by atoms with E-state index in [1.165, 1.54) is 19.2 Å². The fourth-order valence-corrected chi connectivity index (χ4v) is 7.88. The molecule has 1 N–H and O–H groups in total. The fraction of sp³-hybridized carbons (Fsp3) is 0.342. The first-order chi connectivity index (χ1) is 24.2. The summed E-state index contributed by atoms with van der Waals surface area (Å²) in [5, 5.41) is 17.4. The largest absolute Gasteiger partial charge is 0.493 e. The number of aryl methyl sites for hydroxylation is 3. The summed E-state index contributed by atoms with van der Waals surface area (Å²) in [5.41, 5.74) is 6.26. The van der Waals surface area contributed by atoms with Crippen LogP contribution in [0.1, 0.15) is 59.2 Å². The van der Waals surface area contributed by atoms with Crippen LogP contribution in [0.4, 0.5) is 4.39 Å². The molecule has 2 aromatic heterocycles. The normalized spacial score (nSPS) is 14.2. The number of halogens is 2. The number of benzene rings is 3. The Bertz CT molecular complexity index is 2110. The summed E-state index contributed by atoms with van der Waals surface area (Å²) in [5.74, 6) is 0.691. The van der Waals surface area contributed by atoms with Crippen molar-refractivity contribution < 1.29 is 18.7 Å². The monoisotopic (exact) mass is 716 g/mol. The van der Waals surface area contributed by atoms with Gasteiger partial charge in [0.1, 0.15) is 17.3 Å². The molecule has 0 radical (unpaired) electrons. The number of hydrogen-bond acceptors (Lipinski definition) is 8. The van der Waals surface area contributed by atoms with Crippen LogP contribution in [-0.4, -0.2) is 58.8 Å². The number of aromatic nitrogens is 3. The van der Waals surface area contributed by atoms with Crippen LogP contribution in [0.2, 0.25) is 5.02 Å². The summed E-state index contributed by atoms with van der Waals surface area (Å²) in [6.45, 7) is 3.85. The zero-order valence-electron chi connectivity index (χ0n) is 29.1. The van der Waals surface area contributed by atoms with E-state index in [4.69, 9.17) is 21.1 Å². The van der Waals surface area contributed by atoms with Gasteiger partial charge >= 0.3 is 5.97 Å². The van der Waals surface area contributed by atoms with E-state index in [0.29, 0.717) is 48.2 Å². The molecule has 50 heavy (non-hydrogen) atoms. The number of hydrazone groups is 1. The second-order valence-electron chi connectivity index (χ2n) is 12.3. The lowest BCUT2D eigenvalue weighted by Gasteiger charge is -2.14. The Morgan fingerprint density at radius 1 is 1.16 bits per heavy atom. The number of fused-ring (bicyclic) bond motifs is 2. The second-order valence-corrected chi connectivity index (χ2v) is 13.7. The first-order valence-corrected chi connectivity index (χ1v) is 18.1. The highest BCUT2D eigenvalue weighted by atomic mass is 35.5. The molecule has 5 aromatic rings. The van der Waals surface area contributed by atoms with Gasteiger partial charge in [-0.15, -0.1) is 11.8 Å². The minimum atomic E-state index is -0.406. The molecule has 0 aliphatic carbocycles. The van der Waals surface area contributed by atoms with Gasteiger partial charge in [0.05, 0.1) is 24.9 Å². The summed E-state index contributed by atoms with van der Waals surface area (Å²) in [6.07, 6.45) is 6.99. The van der Waals surface area contributed by atoms with E-state index in [1.807, 2.05) is 66.6 Å². The molecule has 3 aromatic carbocycles. The smallest absolute Gasteiger partial charge is 0.354 e. The maximum atomic E-state index is 14.3. The van der Waals surface area contributed by atoms with E-state index in [-0.39, 0.29) is 5.82 Å². The summed E-state index contributed by atoms with van der Waals surface area (Å²) < 4.78 is 29.8. The molecule has 0 saturated carbocycles. The van der Waals surface area contributed by atoms with Crippen LogP contribution in [0.5, 0.6) is 5.75 Å². The van der Waals surface area contributed by atoms with E-state index in [0.717, 1.165) is 74.2 Å². The van der Waals surface area contributed by atoms with Crippen LogP contribution in [0.3, 0.4) is 0 Å². The van der Waals surface area contributed by atoms with Crippen molar-refractivity contribution in [2.24, 2.45) is 19.2 Å². The number of ether oxygens (including phenoxy) is 2. The number of hydrogen-bond donors (Lipinski definition) is 1. The van der Waals surface area contributed by atoms with Crippen molar-refractivity contribution in [3.05, 3.63) is 93.3 Å². The van der Waals surface area contributed by atoms with Gasteiger partial charge in [-0.2, -0.15) is 10.2 Å². The number of thioether (sulfide) groups is 1. The lowest BCUT2D eigenvalue weighted by Crippen LogP contribution is -2.11. The highest BCUT2D eigenvalue weighted by Crippen LogP contribution is 2.37. The summed E-state index contributed by atoms with van der Waals surface area (Å²) in [6, 6.07) is 14.7. The molecular formula is C38H42ClFN6O3S. The fourth-order valence-electron chi connectivity index (χ4n) is 6.69. The molecule has 0 spiro atoms. The van der Waals surface area contributed by atoms with Crippen LogP contribution in [0.15, 0.2) is 64.2 Å². The molecule has 1 saturated heterocycles. The number of allylic oxidation sites excluding steroid dienone is 1. The van der Waals surface area contributed by atoms with Crippen molar-refractivity contribution in [1.29, 1.82) is 0 Å². The van der Waals surface area contributed by atoms with Crippen LogP contribution < -0.4 is 10.1 Å². The second kappa shape index (κ2) is 15.7. The van der Waals surface area contributed by atoms with Gasteiger partial charge in [-0.25, -0.2) is 9.18 Å². The minimum Gasteiger partial charge on any atom is -0.493 e. The van der Waals surface area contributed by atoms with Crippen molar-refractivity contribution in [2.45, 2.75) is 49.8 Å². The first-order valence-electron chi connectivity index (χ1n) is 16.7. The number of methoxy groups -OCH3 is 1. The van der Waals surface area contributed by atoms with Gasteiger partial charge in [0.25, 0.3) is 0 Å². The van der Waals surface area contributed by atoms with Crippen LogP contribution in [-0.2, 0) is 37.6 Å². The molecule has 6 rings (SSSR count). The van der Waals surface area contributed by atoms with Gasteiger partial charge in [0.2, 0.25) is 0 Å². The molecule has 0 unspecified atom stereocenters. The number of carbonyl (C=O) groups excluding carboxylic acids is 1. The first kappa shape index (κ1) is 35.5. The van der Waals surface area contributed by atoms with Crippen molar-refractivity contribution in [2.75, 3.05) is 27.3 Å². The van der Waals surface area contributed by atoms with Crippen molar-refractivity contribution in [1.82, 2.24) is 24.7 Å². The Balaban J connectivity index is 1.25. The zero-order chi connectivity index (χ0) is 35.4. The molecular weight excluding hydrogens is 675 g/mol. The van der Waals surface area contributed by atoms with E-state index < -0.39 is 5.97 Å². The zero-order valence-corrected chi connectivity index (χ0v) is 30.6. The predicted molar refractivity (Wildman–Crippen MR) is 201 cm³/mol. The Kier molecular flexibility index (Phi) is 11.2. The van der Waals surface area contributed by atoms with Crippen molar-refractivity contribution >= 4 is 63.3 Å². The van der Waals surface area contributed by atoms with Crippen molar-refractivity contribution in [3.63, 3.8) is 0 Å². The molecule has 9 nitrogen and oxygen atoms in total. The average Bonchev–Trinajstić information content (AvgIpc) is 3.77. The molecule has 1 aliphatic rings. The predicted octanol–water partition coefficient (Wildman–Crippen LogP) is 8.11. The third kappa shape index (κ3) is 7.40. The SMILES string of the molecule is C/C=N/N1CCC/C1=C\c1c(Cl)ccc2c(CCCOc3cc(SCc4cc(CNC)nn4C)cc4cc(F)ccc34)c(C(=O)OC)n(C)c12. The number of nitrogens with one attached hydrogen (secondary N) is 1. The van der Waals surface area contributed by atoms with Gasteiger partial charge < -0.3 is 19.4 Å². The highest BCUT2D eigenvalue weighted by molar-refractivity contribution is 7.98. The molecule has 1 aliphatic heterocycles.